The van der Waals surface area contributed by atoms with Crippen LogP contribution in [-0.2, 0) is 13.2 Å². The Balaban J connectivity index is 2.14. The molecule has 2 aromatic carbocycles. The minimum Gasteiger partial charge on any atom is -0.488 e. The monoisotopic (exact) mass is 309 g/mol. The van der Waals surface area contributed by atoms with Crippen LogP contribution in [0.5, 0.6) is 5.75 Å². The van der Waals surface area contributed by atoms with Crippen LogP contribution in [0.4, 0.5) is 4.39 Å². The molecule has 94 valence electrons. The fourth-order valence-electron chi connectivity index (χ4n) is 1.62. The lowest BCUT2D eigenvalue weighted by molar-refractivity contribution is 0.296. The van der Waals surface area contributed by atoms with Crippen molar-refractivity contribution in [2.45, 2.75) is 13.2 Å². The van der Waals surface area contributed by atoms with Crippen molar-refractivity contribution in [1.29, 1.82) is 0 Å². The lowest BCUT2D eigenvalue weighted by Gasteiger charge is -2.10. The SMILES string of the molecule is NCc1ccccc1OCc1cc(Br)ccc1F. The Kier molecular flexibility index (Phi) is 4.33. The third-order valence-electron chi connectivity index (χ3n) is 2.58. The van der Waals surface area contributed by atoms with Crippen LogP contribution in [0.1, 0.15) is 11.1 Å². The molecule has 0 unspecified atom stereocenters. The summed E-state index contributed by atoms with van der Waals surface area (Å²) >= 11 is 3.31. The first-order chi connectivity index (χ1) is 8.70. The van der Waals surface area contributed by atoms with Crippen LogP contribution in [0.25, 0.3) is 0 Å². The van der Waals surface area contributed by atoms with Crippen molar-refractivity contribution in [1.82, 2.24) is 0 Å². The fourth-order valence-corrected chi connectivity index (χ4v) is 2.03. The van der Waals surface area contributed by atoms with Gasteiger partial charge in [0.05, 0.1) is 0 Å². The number of para-hydroxylation sites is 1. The van der Waals surface area contributed by atoms with Gasteiger partial charge in [0.25, 0.3) is 0 Å². The molecule has 2 aromatic rings. The normalized spacial score (nSPS) is 10.4. The maximum atomic E-state index is 13.5. The minimum atomic E-state index is -0.275. The van der Waals surface area contributed by atoms with Gasteiger partial charge in [-0.25, -0.2) is 4.39 Å². The molecule has 0 radical (unpaired) electrons. The summed E-state index contributed by atoms with van der Waals surface area (Å²) in [6, 6.07) is 12.3. The standard InChI is InChI=1S/C14H13BrFNO/c15-12-5-6-13(16)11(7-12)9-18-14-4-2-1-3-10(14)8-17/h1-7H,8-9,17H2. The van der Waals surface area contributed by atoms with Crippen molar-refractivity contribution < 1.29 is 9.13 Å². The topological polar surface area (TPSA) is 35.2 Å². The second-order valence-corrected chi connectivity index (χ2v) is 4.75. The highest BCUT2D eigenvalue weighted by molar-refractivity contribution is 9.10. The van der Waals surface area contributed by atoms with Gasteiger partial charge in [-0.3, -0.25) is 0 Å². The maximum absolute atomic E-state index is 13.5. The molecule has 0 aliphatic heterocycles. The van der Waals surface area contributed by atoms with Gasteiger partial charge < -0.3 is 10.5 Å². The first-order valence-corrected chi connectivity index (χ1v) is 6.34. The fraction of sp³-hybridized carbons (Fsp3) is 0.143. The summed E-state index contributed by atoms with van der Waals surface area (Å²) < 4.78 is 20.0. The summed E-state index contributed by atoms with van der Waals surface area (Å²) in [5, 5.41) is 0. The summed E-state index contributed by atoms with van der Waals surface area (Å²) in [6.07, 6.45) is 0. The van der Waals surface area contributed by atoms with Gasteiger partial charge in [0.15, 0.2) is 0 Å². The third-order valence-corrected chi connectivity index (χ3v) is 3.08. The maximum Gasteiger partial charge on any atom is 0.129 e. The molecule has 2 nitrogen and oxygen atoms in total. The molecule has 18 heavy (non-hydrogen) atoms. The van der Waals surface area contributed by atoms with Crippen molar-refractivity contribution >= 4 is 15.9 Å². The molecule has 0 heterocycles. The number of benzene rings is 2. The molecule has 0 fully saturated rings. The molecule has 0 saturated heterocycles. The highest BCUT2D eigenvalue weighted by atomic mass is 79.9. The average Bonchev–Trinajstić information content (AvgIpc) is 2.40. The zero-order chi connectivity index (χ0) is 13.0. The van der Waals surface area contributed by atoms with E-state index in [1.165, 1.54) is 6.07 Å². The summed E-state index contributed by atoms with van der Waals surface area (Å²) in [4.78, 5) is 0. The molecule has 4 heteroatoms. The Morgan fingerprint density at radius 1 is 1.11 bits per heavy atom. The van der Waals surface area contributed by atoms with E-state index >= 15 is 0 Å². The Bertz CT molecular complexity index is 545. The number of hydrogen-bond donors (Lipinski definition) is 1. The van der Waals surface area contributed by atoms with E-state index in [0.717, 1.165) is 10.0 Å². The Labute approximate surface area is 114 Å². The third kappa shape index (κ3) is 3.09. The van der Waals surface area contributed by atoms with Crippen LogP contribution in [-0.4, -0.2) is 0 Å². The van der Waals surface area contributed by atoms with Crippen molar-refractivity contribution in [2.24, 2.45) is 5.73 Å². The van der Waals surface area contributed by atoms with E-state index < -0.39 is 0 Å². The Hall–Kier alpha value is -1.39. The van der Waals surface area contributed by atoms with Crippen LogP contribution in [0.2, 0.25) is 0 Å². The predicted octanol–water partition coefficient (Wildman–Crippen LogP) is 3.63. The van der Waals surface area contributed by atoms with Crippen LogP contribution < -0.4 is 10.5 Å². The number of nitrogens with two attached hydrogens (primary N) is 1. The molecule has 0 aliphatic carbocycles. The summed E-state index contributed by atoms with van der Waals surface area (Å²) in [5.74, 6) is 0.419. The summed E-state index contributed by atoms with van der Waals surface area (Å²) in [6.45, 7) is 0.583. The zero-order valence-corrected chi connectivity index (χ0v) is 11.3. The van der Waals surface area contributed by atoms with Crippen LogP contribution in [0.15, 0.2) is 46.9 Å². The molecule has 0 atom stereocenters. The van der Waals surface area contributed by atoms with Crippen molar-refractivity contribution in [3.05, 3.63) is 63.9 Å². The molecule has 2 N–H and O–H groups in total. The lowest BCUT2D eigenvalue weighted by Crippen LogP contribution is -2.03. The second kappa shape index (κ2) is 5.98. The lowest BCUT2D eigenvalue weighted by atomic mass is 10.2. The van der Waals surface area contributed by atoms with Gasteiger partial charge in [-0.15, -0.1) is 0 Å². The van der Waals surface area contributed by atoms with Crippen LogP contribution in [0.3, 0.4) is 0 Å². The van der Waals surface area contributed by atoms with Gasteiger partial charge in [0, 0.05) is 22.1 Å². The van der Waals surface area contributed by atoms with Crippen molar-refractivity contribution in [3.8, 4) is 5.75 Å². The van der Waals surface area contributed by atoms with Crippen LogP contribution >= 0.6 is 15.9 Å². The van der Waals surface area contributed by atoms with Crippen molar-refractivity contribution in [2.75, 3.05) is 0 Å². The molecule has 2 rings (SSSR count). The quantitative estimate of drug-likeness (QED) is 0.936. The number of rotatable bonds is 4. The van der Waals surface area contributed by atoms with Crippen LogP contribution in [0, 0.1) is 5.82 Å². The molecule has 0 spiro atoms. The minimum absolute atomic E-state index is 0.183. The number of hydrogen-bond acceptors (Lipinski definition) is 2. The number of ether oxygens (including phenoxy) is 1. The van der Waals surface area contributed by atoms with Gasteiger partial charge in [-0.1, -0.05) is 34.1 Å². The van der Waals surface area contributed by atoms with Gasteiger partial charge in [-0.05, 0) is 24.3 Å². The van der Waals surface area contributed by atoms with E-state index in [9.17, 15) is 4.39 Å². The largest absolute Gasteiger partial charge is 0.488 e. The average molecular weight is 310 g/mol. The molecular formula is C14H13BrFNO. The van der Waals surface area contributed by atoms with E-state index in [-0.39, 0.29) is 12.4 Å². The Morgan fingerprint density at radius 2 is 1.89 bits per heavy atom. The second-order valence-electron chi connectivity index (χ2n) is 3.84. The highest BCUT2D eigenvalue weighted by Crippen LogP contribution is 2.21. The van der Waals surface area contributed by atoms with E-state index in [0.29, 0.717) is 17.9 Å². The van der Waals surface area contributed by atoms with Gasteiger partial charge >= 0.3 is 0 Å². The molecular weight excluding hydrogens is 297 g/mol. The molecule has 0 aromatic heterocycles. The van der Waals surface area contributed by atoms with Gasteiger partial charge in [0.1, 0.15) is 18.2 Å². The summed E-state index contributed by atoms with van der Waals surface area (Å²) in [7, 11) is 0. The molecule has 0 bridgehead atoms. The van der Waals surface area contributed by atoms with E-state index in [2.05, 4.69) is 15.9 Å². The first-order valence-electron chi connectivity index (χ1n) is 5.55. The van der Waals surface area contributed by atoms with Gasteiger partial charge in [0.2, 0.25) is 0 Å². The Morgan fingerprint density at radius 3 is 2.67 bits per heavy atom. The summed E-state index contributed by atoms with van der Waals surface area (Å²) in [5.41, 5.74) is 7.03. The van der Waals surface area contributed by atoms with Gasteiger partial charge in [-0.2, -0.15) is 0 Å². The molecule has 0 aliphatic rings. The first kappa shape index (κ1) is 13.1. The number of halogens is 2. The van der Waals surface area contributed by atoms with E-state index in [4.69, 9.17) is 10.5 Å². The van der Waals surface area contributed by atoms with E-state index in [1.807, 2.05) is 24.3 Å². The van der Waals surface area contributed by atoms with Crippen molar-refractivity contribution in [3.63, 3.8) is 0 Å². The zero-order valence-electron chi connectivity index (χ0n) is 9.70. The highest BCUT2D eigenvalue weighted by Gasteiger charge is 2.06. The molecule has 0 saturated carbocycles. The molecule has 0 amide bonds. The smallest absolute Gasteiger partial charge is 0.129 e. The predicted molar refractivity (Wildman–Crippen MR) is 72.8 cm³/mol. The van der Waals surface area contributed by atoms with E-state index in [1.54, 1.807) is 12.1 Å².